The normalized spacial score (nSPS) is 14.0. The van der Waals surface area contributed by atoms with Gasteiger partial charge in [-0.15, -0.1) is 0 Å². The first-order chi connectivity index (χ1) is 10.0. The molecule has 114 valence electrons. The predicted octanol–water partition coefficient (Wildman–Crippen LogP) is 3.59. The van der Waals surface area contributed by atoms with Gasteiger partial charge in [-0.25, -0.2) is 4.39 Å². The van der Waals surface area contributed by atoms with Gasteiger partial charge in [-0.2, -0.15) is 5.10 Å². The van der Waals surface area contributed by atoms with Gasteiger partial charge >= 0.3 is 0 Å². The van der Waals surface area contributed by atoms with Gasteiger partial charge in [-0.1, -0.05) is 13.0 Å². The molecule has 21 heavy (non-hydrogen) atoms. The van der Waals surface area contributed by atoms with Crippen LogP contribution in [0, 0.1) is 5.82 Å². The van der Waals surface area contributed by atoms with Crippen LogP contribution in [-0.2, 0) is 6.61 Å². The van der Waals surface area contributed by atoms with Crippen LogP contribution in [0.5, 0.6) is 5.75 Å². The molecule has 1 aromatic heterocycles. The minimum absolute atomic E-state index is 0.210. The van der Waals surface area contributed by atoms with Crippen molar-refractivity contribution in [2.24, 2.45) is 5.73 Å². The Hall–Kier alpha value is -1.88. The molecule has 0 amide bonds. The molecular formula is C16H22FN3O. The SMILES string of the molecule is CCC(C)n1ccc(COc2cc(F)ccc2[C@H](C)N)n1. The fourth-order valence-corrected chi connectivity index (χ4v) is 2.05. The molecule has 0 aliphatic rings. The molecule has 1 aromatic carbocycles. The van der Waals surface area contributed by atoms with Gasteiger partial charge in [0.2, 0.25) is 0 Å². The van der Waals surface area contributed by atoms with Crippen LogP contribution >= 0.6 is 0 Å². The number of halogens is 1. The molecule has 4 nitrogen and oxygen atoms in total. The second kappa shape index (κ2) is 6.72. The van der Waals surface area contributed by atoms with Gasteiger partial charge in [0.1, 0.15) is 18.2 Å². The van der Waals surface area contributed by atoms with E-state index in [1.807, 2.05) is 23.9 Å². The van der Waals surface area contributed by atoms with Gasteiger partial charge in [-0.3, -0.25) is 4.68 Å². The largest absolute Gasteiger partial charge is 0.487 e. The van der Waals surface area contributed by atoms with E-state index in [9.17, 15) is 4.39 Å². The molecule has 0 fully saturated rings. The highest BCUT2D eigenvalue weighted by atomic mass is 19.1. The Bertz CT molecular complexity index is 595. The van der Waals surface area contributed by atoms with Gasteiger partial charge < -0.3 is 10.5 Å². The van der Waals surface area contributed by atoms with Gasteiger partial charge in [0, 0.05) is 29.9 Å². The van der Waals surface area contributed by atoms with Crippen molar-refractivity contribution < 1.29 is 9.13 Å². The van der Waals surface area contributed by atoms with E-state index in [4.69, 9.17) is 10.5 Å². The Balaban J connectivity index is 2.09. The summed E-state index contributed by atoms with van der Waals surface area (Å²) in [4.78, 5) is 0. The summed E-state index contributed by atoms with van der Waals surface area (Å²) in [5, 5.41) is 4.46. The standard InChI is InChI=1S/C16H22FN3O/c1-4-11(2)20-8-7-14(19-20)10-21-16-9-13(17)5-6-15(16)12(3)18/h5-9,11-12H,4,10,18H2,1-3H3/t11?,12-/m0/s1. The molecule has 1 unspecified atom stereocenters. The lowest BCUT2D eigenvalue weighted by Gasteiger charge is -2.13. The summed E-state index contributed by atoms with van der Waals surface area (Å²) in [5.74, 6) is 0.141. The van der Waals surface area contributed by atoms with E-state index in [2.05, 4.69) is 18.9 Å². The zero-order valence-corrected chi connectivity index (χ0v) is 12.7. The number of nitrogens with zero attached hydrogens (tertiary/aromatic N) is 2. The van der Waals surface area contributed by atoms with Gasteiger partial charge in [0.25, 0.3) is 0 Å². The van der Waals surface area contributed by atoms with E-state index in [1.54, 1.807) is 6.07 Å². The highest BCUT2D eigenvalue weighted by Crippen LogP contribution is 2.25. The van der Waals surface area contributed by atoms with E-state index in [1.165, 1.54) is 12.1 Å². The van der Waals surface area contributed by atoms with Crippen molar-refractivity contribution >= 4 is 0 Å². The number of benzene rings is 1. The molecule has 5 heteroatoms. The molecule has 0 aliphatic heterocycles. The summed E-state index contributed by atoms with van der Waals surface area (Å²) in [5.41, 5.74) is 7.48. The first-order valence-electron chi connectivity index (χ1n) is 7.23. The van der Waals surface area contributed by atoms with Crippen molar-refractivity contribution in [1.82, 2.24) is 9.78 Å². The Kier molecular flexibility index (Phi) is 4.96. The second-order valence-corrected chi connectivity index (χ2v) is 5.30. The van der Waals surface area contributed by atoms with Crippen LogP contribution in [0.3, 0.4) is 0 Å². The first kappa shape index (κ1) is 15.5. The summed E-state index contributed by atoms with van der Waals surface area (Å²) in [6.07, 6.45) is 2.95. The molecule has 2 rings (SSSR count). The maximum absolute atomic E-state index is 13.4. The molecule has 0 radical (unpaired) electrons. The summed E-state index contributed by atoms with van der Waals surface area (Å²) in [7, 11) is 0. The van der Waals surface area contributed by atoms with Crippen LogP contribution < -0.4 is 10.5 Å². The molecule has 0 bridgehead atoms. The maximum atomic E-state index is 13.4. The Morgan fingerprint density at radius 2 is 2.10 bits per heavy atom. The minimum atomic E-state index is -0.334. The lowest BCUT2D eigenvalue weighted by atomic mass is 10.1. The smallest absolute Gasteiger partial charge is 0.132 e. The van der Waals surface area contributed by atoms with Crippen molar-refractivity contribution in [3.8, 4) is 5.75 Å². The molecule has 0 spiro atoms. The minimum Gasteiger partial charge on any atom is -0.487 e. The summed E-state index contributed by atoms with van der Waals surface area (Å²) in [6.45, 7) is 6.37. The van der Waals surface area contributed by atoms with Crippen LogP contribution in [0.1, 0.15) is 50.5 Å². The van der Waals surface area contributed by atoms with Crippen LogP contribution in [0.2, 0.25) is 0 Å². The fraction of sp³-hybridized carbons (Fsp3) is 0.438. The third-order valence-electron chi connectivity index (χ3n) is 3.55. The van der Waals surface area contributed by atoms with Gasteiger partial charge in [0.15, 0.2) is 0 Å². The summed E-state index contributed by atoms with van der Waals surface area (Å²) >= 11 is 0. The number of rotatable bonds is 6. The number of nitrogens with two attached hydrogens (primary N) is 1. The van der Waals surface area contributed by atoms with E-state index < -0.39 is 0 Å². The highest BCUT2D eigenvalue weighted by molar-refractivity contribution is 5.36. The van der Waals surface area contributed by atoms with E-state index in [0.29, 0.717) is 18.4 Å². The quantitative estimate of drug-likeness (QED) is 0.885. The van der Waals surface area contributed by atoms with Crippen molar-refractivity contribution in [3.63, 3.8) is 0 Å². The molecule has 0 aliphatic carbocycles. The van der Waals surface area contributed by atoms with Crippen LogP contribution in [0.4, 0.5) is 4.39 Å². The second-order valence-electron chi connectivity index (χ2n) is 5.30. The van der Waals surface area contributed by atoms with Crippen molar-refractivity contribution in [2.45, 2.75) is 45.9 Å². The molecule has 2 N–H and O–H groups in total. The van der Waals surface area contributed by atoms with E-state index in [-0.39, 0.29) is 11.9 Å². The maximum Gasteiger partial charge on any atom is 0.132 e. The van der Waals surface area contributed by atoms with Crippen molar-refractivity contribution in [1.29, 1.82) is 0 Å². The molecule has 1 heterocycles. The Morgan fingerprint density at radius 1 is 1.33 bits per heavy atom. The summed E-state index contributed by atoms with van der Waals surface area (Å²) in [6, 6.07) is 6.48. The molecule has 0 saturated carbocycles. The highest BCUT2D eigenvalue weighted by Gasteiger charge is 2.11. The Labute approximate surface area is 124 Å². The number of ether oxygens (including phenoxy) is 1. The van der Waals surface area contributed by atoms with Crippen LogP contribution in [0.25, 0.3) is 0 Å². The van der Waals surface area contributed by atoms with Crippen LogP contribution in [0.15, 0.2) is 30.5 Å². The summed E-state index contributed by atoms with van der Waals surface area (Å²) < 4.78 is 21.0. The average Bonchev–Trinajstić information content (AvgIpc) is 2.93. The topological polar surface area (TPSA) is 53.1 Å². The fourth-order valence-electron chi connectivity index (χ4n) is 2.05. The third-order valence-corrected chi connectivity index (χ3v) is 3.55. The van der Waals surface area contributed by atoms with Crippen molar-refractivity contribution in [3.05, 3.63) is 47.5 Å². The van der Waals surface area contributed by atoms with E-state index in [0.717, 1.165) is 17.7 Å². The zero-order chi connectivity index (χ0) is 15.4. The molecule has 0 saturated heterocycles. The lowest BCUT2D eigenvalue weighted by Crippen LogP contribution is -2.09. The first-order valence-corrected chi connectivity index (χ1v) is 7.23. The average molecular weight is 291 g/mol. The van der Waals surface area contributed by atoms with Gasteiger partial charge in [0.05, 0.1) is 5.69 Å². The van der Waals surface area contributed by atoms with Gasteiger partial charge in [-0.05, 0) is 32.4 Å². The van der Waals surface area contributed by atoms with E-state index >= 15 is 0 Å². The Morgan fingerprint density at radius 3 is 2.76 bits per heavy atom. The monoisotopic (exact) mass is 291 g/mol. The molecule has 2 aromatic rings. The molecular weight excluding hydrogens is 269 g/mol. The third kappa shape index (κ3) is 3.82. The lowest BCUT2D eigenvalue weighted by molar-refractivity contribution is 0.292. The predicted molar refractivity (Wildman–Crippen MR) is 80.6 cm³/mol. The van der Waals surface area contributed by atoms with Crippen molar-refractivity contribution in [2.75, 3.05) is 0 Å². The zero-order valence-electron chi connectivity index (χ0n) is 12.7. The number of hydrogen-bond donors (Lipinski definition) is 1. The number of hydrogen-bond acceptors (Lipinski definition) is 3. The van der Waals surface area contributed by atoms with Crippen LogP contribution in [-0.4, -0.2) is 9.78 Å². The molecule has 2 atom stereocenters. The number of aromatic nitrogens is 2.